The van der Waals surface area contributed by atoms with Crippen molar-refractivity contribution in [3.05, 3.63) is 144 Å². The number of rotatable bonds is 4. The first-order valence-corrected chi connectivity index (χ1v) is 14.8. The Bertz CT molecular complexity index is 1940. The number of pyridine rings is 1. The second-order valence-electron chi connectivity index (χ2n) is 10.6. The van der Waals surface area contributed by atoms with Crippen molar-refractivity contribution < 1.29 is 4.84 Å². The number of aromatic nitrogens is 4. The van der Waals surface area contributed by atoms with Gasteiger partial charge >= 0.3 is 0 Å². The van der Waals surface area contributed by atoms with Crippen molar-refractivity contribution in [2.45, 2.75) is 29.2 Å². The molecule has 8 heteroatoms. The summed E-state index contributed by atoms with van der Waals surface area (Å²) in [6.45, 7) is 2.10. The lowest BCUT2D eigenvalue weighted by Crippen LogP contribution is -2.47. The third-order valence-corrected chi connectivity index (χ3v) is 9.25. The van der Waals surface area contributed by atoms with Crippen molar-refractivity contribution in [2.24, 2.45) is 5.16 Å². The largest absolute Gasteiger partial charge is 0.360 e. The van der Waals surface area contributed by atoms with Gasteiger partial charge in [0.2, 0.25) is 5.72 Å². The standard InChI is InChI=1S/C34H26N6OS/c1-23-15-17-24(18-16-23)32-38-41-34(26-10-3-2-4-11-26)20-31(42-30-14-8-7-13-29(30)40(32)34)27-19-25-9-5-6-12-28(25)37-33(27)39-22-35-21-36-39/h2-19,21-22,31H,20H2,1H3. The van der Waals surface area contributed by atoms with E-state index in [-0.39, 0.29) is 5.25 Å². The SMILES string of the molecule is Cc1ccc(C2=NOC3(c4ccccc4)CC(c4cc5ccccc5nc4-n4cncn4)Sc4ccccc4N23)cc1. The molecule has 0 bridgehead atoms. The molecule has 0 saturated carbocycles. The number of hydrogen-bond donors (Lipinski definition) is 0. The van der Waals surface area contributed by atoms with Crippen LogP contribution in [0.2, 0.25) is 0 Å². The minimum Gasteiger partial charge on any atom is -0.360 e. The number of benzene rings is 4. The van der Waals surface area contributed by atoms with Crippen LogP contribution < -0.4 is 4.90 Å². The summed E-state index contributed by atoms with van der Waals surface area (Å²) in [5.74, 6) is 1.55. The molecule has 0 amide bonds. The minimum absolute atomic E-state index is 0.0553. The van der Waals surface area contributed by atoms with E-state index in [4.69, 9.17) is 15.0 Å². The number of thioether (sulfide) groups is 1. The van der Waals surface area contributed by atoms with Crippen LogP contribution in [0.15, 0.2) is 132 Å². The van der Waals surface area contributed by atoms with Crippen molar-refractivity contribution in [1.82, 2.24) is 19.7 Å². The summed E-state index contributed by atoms with van der Waals surface area (Å²) >= 11 is 1.82. The number of para-hydroxylation sites is 2. The highest BCUT2D eigenvalue weighted by Gasteiger charge is 2.53. The zero-order valence-corrected chi connectivity index (χ0v) is 23.6. The van der Waals surface area contributed by atoms with Crippen molar-refractivity contribution in [3.63, 3.8) is 0 Å². The quantitative estimate of drug-likeness (QED) is 0.221. The van der Waals surface area contributed by atoms with Crippen molar-refractivity contribution >= 4 is 34.2 Å². The Morgan fingerprint density at radius 1 is 0.881 bits per heavy atom. The summed E-state index contributed by atoms with van der Waals surface area (Å²) in [6.07, 6.45) is 3.86. The van der Waals surface area contributed by atoms with Crippen LogP contribution in [0, 0.1) is 6.92 Å². The molecule has 0 N–H and O–H groups in total. The number of oxime groups is 1. The number of anilines is 1. The van der Waals surface area contributed by atoms with Crippen LogP contribution in [0.1, 0.15) is 33.9 Å². The number of nitrogens with zero attached hydrogens (tertiary/aromatic N) is 6. The fourth-order valence-electron chi connectivity index (χ4n) is 5.91. The van der Waals surface area contributed by atoms with Gasteiger partial charge in [0.15, 0.2) is 11.7 Å². The molecule has 2 aromatic heterocycles. The first-order valence-electron chi connectivity index (χ1n) is 13.9. The smallest absolute Gasteiger partial charge is 0.242 e. The van der Waals surface area contributed by atoms with Crippen LogP contribution in [0.4, 0.5) is 5.69 Å². The normalized spacial score (nSPS) is 19.5. The van der Waals surface area contributed by atoms with Gasteiger partial charge in [-0.2, -0.15) is 5.10 Å². The van der Waals surface area contributed by atoms with Crippen LogP contribution in [0.5, 0.6) is 0 Å². The van der Waals surface area contributed by atoms with Gasteiger partial charge in [-0.3, -0.25) is 4.90 Å². The summed E-state index contributed by atoms with van der Waals surface area (Å²) < 4.78 is 1.76. The second kappa shape index (κ2) is 9.85. The summed E-state index contributed by atoms with van der Waals surface area (Å²) in [5.41, 5.74) is 5.37. The van der Waals surface area contributed by atoms with Gasteiger partial charge < -0.3 is 4.84 Å². The first-order chi connectivity index (χ1) is 20.7. The van der Waals surface area contributed by atoms with E-state index in [0.29, 0.717) is 6.42 Å². The molecule has 7 nitrogen and oxygen atoms in total. The van der Waals surface area contributed by atoms with Gasteiger partial charge in [0.25, 0.3) is 0 Å². The minimum atomic E-state index is -0.892. The Morgan fingerprint density at radius 3 is 2.50 bits per heavy atom. The Morgan fingerprint density at radius 2 is 1.67 bits per heavy atom. The maximum Gasteiger partial charge on any atom is 0.242 e. The number of hydrogen-bond acceptors (Lipinski definition) is 7. The van der Waals surface area contributed by atoms with Gasteiger partial charge in [-0.05, 0) is 31.2 Å². The van der Waals surface area contributed by atoms with Gasteiger partial charge in [0, 0.05) is 38.6 Å². The maximum atomic E-state index is 6.68. The fourth-order valence-corrected chi connectivity index (χ4v) is 7.27. The molecule has 4 aromatic carbocycles. The van der Waals surface area contributed by atoms with Gasteiger partial charge in [-0.1, -0.05) is 95.6 Å². The molecular formula is C34H26N6OS. The van der Waals surface area contributed by atoms with Gasteiger partial charge in [0.1, 0.15) is 12.7 Å². The van der Waals surface area contributed by atoms with E-state index in [1.807, 2.05) is 36.0 Å². The molecule has 0 radical (unpaired) electrons. The number of amidine groups is 1. The zero-order chi connectivity index (χ0) is 28.1. The predicted octanol–water partition coefficient (Wildman–Crippen LogP) is 7.41. The molecule has 4 heterocycles. The van der Waals surface area contributed by atoms with Crippen LogP contribution in [0.25, 0.3) is 16.7 Å². The van der Waals surface area contributed by atoms with E-state index in [9.17, 15) is 0 Å². The maximum absolute atomic E-state index is 6.68. The van der Waals surface area contributed by atoms with Gasteiger partial charge in [-0.15, -0.1) is 11.8 Å². The first kappa shape index (κ1) is 24.8. The van der Waals surface area contributed by atoms with Crippen LogP contribution in [0.3, 0.4) is 0 Å². The van der Waals surface area contributed by atoms with Crippen molar-refractivity contribution in [3.8, 4) is 5.82 Å². The molecule has 0 spiro atoms. The van der Waals surface area contributed by atoms with E-state index >= 15 is 0 Å². The monoisotopic (exact) mass is 566 g/mol. The van der Waals surface area contributed by atoms with Crippen LogP contribution in [-0.2, 0) is 10.6 Å². The molecule has 204 valence electrons. The molecule has 8 rings (SSSR count). The molecule has 0 fully saturated rings. The highest BCUT2D eigenvalue weighted by Crippen LogP contribution is 2.56. The molecule has 6 aromatic rings. The molecule has 2 unspecified atom stereocenters. The summed E-state index contributed by atoms with van der Waals surface area (Å²) in [4.78, 5) is 19.4. The average molecular weight is 567 g/mol. The van der Waals surface area contributed by atoms with Gasteiger partial charge in [0.05, 0.1) is 11.2 Å². The molecule has 2 aliphatic heterocycles. The second-order valence-corrected chi connectivity index (χ2v) is 11.8. The predicted molar refractivity (Wildman–Crippen MR) is 166 cm³/mol. The van der Waals surface area contributed by atoms with E-state index in [2.05, 4.69) is 107 Å². The Kier molecular flexibility index (Phi) is 5.82. The zero-order valence-electron chi connectivity index (χ0n) is 22.8. The van der Waals surface area contributed by atoms with E-state index in [1.54, 1.807) is 17.3 Å². The Hall–Kier alpha value is -4.95. The van der Waals surface area contributed by atoms with Crippen LogP contribution in [-0.4, -0.2) is 25.6 Å². The summed E-state index contributed by atoms with van der Waals surface area (Å²) in [7, 11) is 0. The lowest BCUT2D eigenvalue weighted by atomic mass is 9.91. The topological polar surface area (TPSA) is 68.4 Å². The molecular weight excluding hydrogens is 540 g/mol. The lowest BCUT2D eigenvalue weighted by Gasteiger charge is -2.38. The summed E-state index contributed by atoms with van der Waals surface area (Å²) in [5, 5.41) is 10.3. The van der Waals surface area contributed by atoms with Crippen molar-refractivity contribution in [2.75, 3.05) is 4.90 Å². The lowest BCUT2D eigenvalue weighted by molar-refractivity contribution is -0.0283. The van der Waals surface area contributed by atoms with E-state index in [1.165, 1.54) is 5.56 Å². The van der Waals surface area contributed by atoms with Gasteiger partial charge in [-0.25, -0.2) is 14.6 Å². The molecule has 2 aliphatic rings. The molecule has 2 atom stereocenters. The highest BCUT2D eigenvalue weighted by molar-refractivity contribution is 7.99. The van der Waals surface area contributed by atoms with E-state index in [0.717, 1.165) is 49.8 Å². The molecule has 0 aliphatic carbocycles. The fraction of sp³-hybridized carbons (Fsp3) is 0.118. The molecule has 42 heavy (non-hydrogen) atoms. The third kappa shape index (κ3) is 3.98. The number of fused-ring (bicyclic) bond motifs is 4. The van der Waals surface area contributed by atoms with Crippen LogP contribution >= 0.6 is 11.8 Å². The Labute approximate surface area is 247 Å². The highest BCUT2D eigenvalue weighted by atomic mass is 32.2. The Balaban J connectivity index is 1.37. The summed E-state index contributed by atoms with van der Waals surface area (Å²) in [6, 6.07) is 37.9. The number of aryl methyl sites for hydroxylation is 1. The molecule has 0 saturated heterocycles. The van der Waals surface area contributed by atoms with Crippen molar-refractivity contribution in [1.29, 1.82) is 0 Å². The van der Waals surface area contributed by atoms with E-state index < -0.39 is 5.72 Å². The average Bonchev–Trinajstić information content (AvgIpc) is 3.68. The third-order valence-electron chi connectivity index (χ3n) is 7.94.